The van der Waals surface area contributed by atoms with E-state index in [1.54, 1.807) is 0 Å². The number of unbranched alkanes of at least 4 members (excludes halogenated alkanes) is 14. The zero-order chi connectivity index (χ0) is 25.9. The van der Waals surface area contributed by atoms with Crippen molar-refractivity contribution in [3.63, 3.8) is 0 Å². The number of carbonyl (C=O) groups excluding carboxylic acids is 1. The van der Waals surface area contributed by atoms with Crippen LogP contribution in [0.25, 0.3) is 0 Å². The minimum absolute atomic E-state index is 0.00544. The number of nitrogens with zero attached hydrogens (tertiary/aromatic N) is 1. The second-order valence-electron chi connectivity index (χ2n) is 9.25. The van der Waals surface area contributed by atoms with Crippen LogP contribution in [0.3, 0.4) is 0 Å². The third-order valence-corrected chi connectivity index (χ3v) is 5.98. The molecule has 0 fully saturated rings. The number of rotatable bonds is 23. The molecule has 0 saturated carbocycles. The minimum Gasteiger partial charge on any atom is -0.395 e. The Balaban J connectivity index is 0. The van der Waals surface area contributed by atoms with E-state index >= 15 is 0 Å². The summed E-state index contributed by atoms with van der Waals surface area (Å²) in [4.78, 5) is 30.6. The van der Waals surface area contributed by atoms with E-state index in [2.05, 4.69) is 16.8 Å². The molecule has 1 amide bonds. The number of nitrogens with one attached hydrogen (secondary N) is 1. The van der Waals surface area contributed by atoms with Crippen molar-refractivity contribution in [2.24, 2.45) is 0 Å². The van der Waals surface area contributed by atoms with Crippen LogP contribution in [-0.2, 0) is 13.9 Å². The van der Waals surface area contributed by atoms with Crippen molar-refractivity contribution in [2.45, 2.75) is 116 Å². The van der Waals surface area contributed by atoms with Crippen molar-refractivity contribution in [1.29, 1.82) is 0 Å². The largest absolute Gasteiger partial charge is 0.469 e. The highest BCUT2D eigenvalue weighted by atomic mass is 31.2. The molecule has 0 bridgehead atoms. The molecule has 206 valence electrons. The first-order chi connectivity index (χ1) is 16.2. The highest BCUT2D eigenvalue weighted by Crippen LogP contribution is 2.35. The van der Waals surface area contributed by atoms with Crippen molar-refractivity contribution < 1.29 is 28.8 Å². The van der Waals surface area contributed by atoms with E-state index in [-0.39, 0.29) is 19.1 Å². The van der Waals surface area contributed by atoms with Gasteiger partial charge < -0.3 is 25.1 Å². The summed E-state index contributed by atoms with van der Waals surface area (Å²) in [5.41, 5.74) is 0. The monoisotopic (exact) mass is 510 g/mol. The zero-order valence-electron chi connectivity index (χ0n) is 22.3. The predicted octanol–water partition coefficient (Wildman–Crippen LogP) is 5.40. The fourth-order valence-corrected chi connectivity index (χ4v) is 3.80. The molecule has 0 aromatic rings. The van der Waals surface area contributed by atoms with Crippen LogP contribution in [0.5, 0.6) is 0 Å². The number of amides is 1. The van der Waals surface area contributed by atoms with Crippen LogP contribution in [0.1, 0.15) is 116 Å². The molecule has 0 aliphatic rings. The lowest BCUT2D eigenvalue weighted by atomic mass is 10.0. The Hall–Kier alpha value is -0.500. The van der Waals surface area contributed by atoms with Gasteiger partial charge in [-0.15, -0.1) is 0 Å². The molecule has 0 atom stereocenters. The molecule has 0 aromatic heterocycles. The van der Waals surface area contributed by atoms with E-state index < -0.39 is 7.82 Å². The molecule has 34 heavy (non-hydrogen) atoms. The van der Waals surface area contributed by atoms with Gasteiger partial charge in [-0.05, 0) is 26.9 Å². The van der Waals surface area contributed by atoms with Crippen molar-refractivity contribution in [3.05, 3.63) is 0 Å². The minimum atomic E-state index is -4.39. The quantitative estimate of drug-likeness (QED) is 0.107. The summed E-state index contributed by atoms with van der Waals surface area (Å²) >= 11 is 0. The topological polar surface area (TPSA) is 119 Å². The summed E-state index contributed by atoms with van der Waals surface area (Å²) in [5, 5.41) is 10.9. The maximum atomic E-state index is 11.6. The smallest absolute Gasteiger partial charge is 0.395 e. The van der Waals surface area contributed by atoms with Crippen LogP contribution in [0.15, 0.2) is 0 Å². The van der Waals surface area contributed by atoms with Gasteiger partial charge in [-0.2, -0.15) is 0 Å². The van der Waals surface area contributed by atoms with Gasteiger partial charge in [0.1, 0.15) is 0 Å². The molecule has 0 aliphatic heterocycles. The van der Waals surface area contributed by atoms with Crippen LogP contribution < -0.4 is 5.32 Å². The van der Waals surface area contributed by atoms with Gasteiger partial charge in [-0.1, -0.05) is 96.8 Å². The van der Waals surface area contributed by atoms with Gasteiger partial charge in [0.25, 0.3) is 0 Å². The lowest BCUT2D eigenvalue weighted by Gasteiger charge is -2.07. The number of phosphoric ester groups is 1. The summed E-state index contributed by atoms with van der Waals surface area (Å²) in [6.45, 7) is 3.62. The Bertz CT molecular complexity index is 474. The number of phosphoric acid groups is 1. The maximum Gasteiger partial charge on any atom is 0.469 e. The van der Waals surface area contributed by atoms with E-state index in [9.17, 15) is 9.36 Å². The molecule has 8 nitrogen and oxygen atoms in total. The number of carbonyl (C=O) groups is 1. The summed E-state index contributed by atoms with van der Waals surface area (Å²) in [7, 11) is -0.535. The van der Waals surface area contributed by atoms with Gasteiger partial charge in [0.15, 0.2) is 0 Å². The predicted molar refractivity (Wildman–Crippen MR) is 141 cm³/mol. The van der Waals surface area contributed by atoms with Gasteiger partial charge in [0, 0.05) is 19.5 Å². The van der Waals surface area contributed by atoms with Crippen LogP contribution in [0.4, 0.5) is 0 Å². The van der Waals surface area contributed by atoms with Gasteiger partial charge in [0.2, 0.25) is 5.91 Å². The molecular formula is C25H55N2O6P. The molecule has 0 unspecified atom stereocenters. The van der Waals surface area contributed by atoms with E-state index in [4.69, 9.17) is 14.9 Å². The second-order valence-corrected chi connectivity index (χ2v) is 10.5. The van der Waals surface area contributed by atoms with Crippen molar-refractivity contribution in [1.82, 2.24) is 10.2 Å². The zero-order valence-corrected chi connectivity index (χ0v) is 23.2. The second kappa shape index (κ2) is 27.1. The molecule has 9 heteroatoms. The lowest BCUT2D eigenvalue weighted by molar-refractivity contribution is -0.121. The molecule has 0 aliphatic carbocycles. The van der Waals surface area contributed by atoms with Gasteiger partial charge >= 0.3 is 7.82 Å². The highest BCUT2D eigenvalue weighted by Gasteiger charge is 2.12. The lowest BCUT2D eigenvalue weighted by Crippen LogP contribution is -2.24. The molecule has 0 radical (unpaired) electrons. The van der Waals surface area contributed by atoms with Crippen LogP contribution in [0, 0.1) is 0 Å². The highest BCUT2D eigenvalue weighted by molar-refractivity contribution is 7.46. The first kappa shape index (κ1) is 35.7. The summed E-state index contributed by atoms with van der Waals surface area (Å²) in [6.07, 6.45) is 20.5. The number of aliphatic hydroxyl groups is 1. The van der Waals surface area contributed by atoms with Crippen LogP contribution in [-0.4, -0.2) is 66.1 Å². The average Bonchev–Trinajstić information content (AvgIpc) is 2.75. The molecule has 0 rings (SSSR count). The summed E-state index contributed by atoms with van der Waals surface area (Å²) in [6, 6.07) is 0. The van der Waals surface area contributed by atoms with Crippen molar-refractivity contribution in [3.8, 4) is 0 Å². The Morgan fingerprint density at radius 1 is 0.794 bits per heavy atom. The number of hydrogen-bond donors (Lipinski definition) is 4. The van der Waals surface area contributed by atoms with Crippen LogP contribution >= 0.6 is 7.82 Å². The normalized spacial score (nSPS) is 11.4. The maximum absolute atomic E-state index is 11.6. The Labute approximate surface area is 209 Å². The molecule has 0 heterocycles. The molecule has 0 aromatic carbocycles. The summed E-state index contributed by atoms with van der Waals surface area (Å²) in [5.74, 6) is 0.00544. The van der Waals surface area contributed by atoms with Crippen LogP contribution in [0.2, 0.25) is 0 Å². The number of likely N-dealkylation sites (N-methyl/N-ethyl adjacent to an activating group) is 1. The standard InChI is InChI=1S/C21H44NO5P.C4H11NO/c1-2-3-4-5-6-7-8-9-10-11-12-13-14-15-16-18-21(23)22-19-17-20-27-28(24,25)26;1-5(2)3-4-6/h2-20H2,1H3,(H,22,23)(H2,24,25,26);6H,3-4H2,1-2H3. The first-order valence-corrected chi connectivity index (χ1v) is 15.0. The first-order valence-electron chi connectivity index (χ1n) is 13.4. The van der Waals surface area contributed by atoms with E-state index in [0.29, 0.717) is 19.4 Å². The van der Waals surface area contributed by atoms with Crippen molar-refractivity contribution >= 4 is 13.7 Å². The van der Waals surface area contributed by atoms with Crippen molar-refractivity contribution in [2.75, 3.05) is 40.4 Å². The van der Waals surface area contributed by atoms with Gasteiger partial charge in [-0.3, -0.25) is 9.32 Å². The number of hydrogen-bond acceptors (Lipinski definition) is 5. The fraction of sp³-hybridized carbons (Fsp3) is 0.960. The van der Waals surface area contributed by atoms with E-state index in [1.165, 1.54) is 83.5 Å². The molecule has 4 N–H and O–H groups in total. The fourth-order valence-electron chi connectivity index (χ4n) is 3.43. The Morgan fingerprint density at radius 3 is 1.59 bits per heavy atom. The Kier molecular flexibility index (Phi) is 28.4. The van der Waals surface area contributed by atoms with E-state index in [0.717, 1.165) is 19.4 Å². The molecular weight excluding hydrogens is 455 g/mol. The van der Waals surface area contributed by atoms with Gasteiger partial charge in [-0.25, -0.2) is 4.57 Å². The summed E-state index contributed by atoms with van der Waals surface area (Å²) < 4.78 is 14.8. The third-order valence-electron chi connectivity index (χ3n) is 5.46. The third kappa shape index (κ3) is 36.1. The van der Waals surface area contributed by atoms with E-state index in [1.807, 2.05) is 19.0 Å². The Morgan fingerprint density at radius 2 is 1.24 bits per heavy atom. The van der Waals surface area contributed by atoms with Gasteiger partial charge in [0.05, 0.1) is 13.2 Å². The average molecular weight is 511 g/mol. The SMILES string of the molecule is CCCCCCCCCCCCCCCCCC(=O)NCCCOP(=O)(O)O.CN(C)CCO. The molecule has 0 spiro atoms. The number of aliphatic hydroxyl groups excluding tert-OH is 1. The molecule has 0 saturated heterocycles.